The number of hydrogen-bond acceptors (Lipinski definition) is 3. The molecule has 3 heteroatoms. The van der Waals surface area contributed by atoms with E-state index >= 15 is 0 Å². The van der Waals surface area contributed by atoms with Gasteiger partial charge in [-0.15, -0.1) is 0 Å². The van der Waals surface area contributed by atoms with E-state index in [0.717, 1.165) is 6.42 Å². The van der Waals surface area contributed by atoms with Crippen LogP contribution in [-0.2, 0) is 4.79 Å². The van der Waals surface area contributed by atoms with Crippen molar-refractivity contribution in [1.29, 1.82) is 5.26 Å². The lowest BCUT2D eigenvalue weighted by Gasteiger charge is -2.25. The average molecular weight is 162 g/mol. The second-order valence-corrected chi connectivity index (χ2v) is 3.41. The summed E-state index contributed by atoms with van der Waals surface area (Å²) in [5.41, 5.74) is 0. The lowest BCUT2D eigenvalue weighted by Crippen LogP contribution is -2.41. The minimum absolute atomic E-state index is 0.0813. The second-order valence-electron chi connectivity index (χ2n) is 3.41. The quantitative estimate of drug-likeness (QED) is 0.516. The summed E-state index contributed by atoms with van der Waals surface area (Å²) in [4.78, 5) is 13.3. The Hall–Kier alpha value is -1.14. The van der Waals surface area contributed by atoms with Gasteiger partial charge in [0, 0.05) is 6.04 Å². The molecule has 2 heterocycles. The summed E-state index contributed by atoms with van der Waals surface area (Å²) >= 11 is 0. The Morgan fingerprint density at radius 3 is 3.17 bits per heavy atom. The molecule has 0 unspecified atom stereocenters. The molecule has 0 spiro atoms. The Balaban J connectivity index is 2.36. The molecule has 0 aromatic rings. The van der Waals surface area contributed by atoms with Crippen molar-refractivity contribution in [3.63, 3.8) is 0 Å². The van der Waals surface area contributed by atoms with Gasteiger partial charge in [0.1, 0.15) is 0 Å². The van der Waals surface area contributed by atoms with Crippen LogP contribution in [0.2, 0.25) is 0 Å². The highest BCUT2D eigenvalue weighted by Gasteiger charge is 2.43. The van der Waals surface area contributed by atoms with Gasteiger partial charge in [-0.3, -0.25) is 9.69 Å². The Bertz CT molecular complexity index is 289. The van der Waals surface area contributed by atoms with Crippen LogP contribution in [0.15, 0.2) is 12.2 Å². The van der Waals surface area contributed by atoms with Crippen molar-refractivity contribution in [3.8, 4) is 6.07 Å². The fourth-order valence-corrected chi connectivity index (χ4v) is 2.09. The van der Waals surface area contributed by atoms with Gasteiger partial charge < -0.3 is 0 Å². The van der Waals surface area contributed by atoms with E-state index in [2.05, 4.69) is 6.07 Å². The molecule has 3 atom stereocenters. The fourth-order valence-electron chi connectivity index (χ4n) is 2.09. The molecule has 0 radical (unpaired) electrons. The van der Waals surface area contributed by atoms with Crippen molar-refractivity contribution in [2.75, 3.05) is 7.05 Å². The van der Waals surface area contributed by atoms with E-state index in [-0.39, 0.29) is 17.7 Å². The highest BCUT2D eigenvalue weighted by atomic mass is 16.1. The third-order valence-electron chi connectivity index (χ3n) is 2.78. The molecule has 0 aromatic carbocycles. The monoisotopic (exact) mass is 162 g/mol. The van der Waals surface area contributed by atoms with Gasteiger partial charge in [0.05, 0.1) is 18.0 Å². The summed E-state index contributed by atoms with van der Waals surface area (Å²) < 4.78 is 0. The topological polar surface area (TPSA) is 44.1 Å². The van der Waals surface area contributed by atoms with E-state index in [0.29, 0.717) is 6.04 Å². The molecule has 3 nitrogen and oxygen atoms in total. The van der Waals surface area contributed by atoms with Gasteiger partial charge in [-0.1, -0.05) is 6.08 Å². The van der Waals surface area contributed by atoms with Crippen LogP contribution in [0.4, 0.5) is 0 Å². The number of nitrogens with zero attached hydrogens (tertiary/aromatic N) is 2. The minimum Gasteiger partial charge on any atom is -0.293 e. The largest absolute Gasteiger partial charge is 0.293 e. The number of carbonyl (C=O) groups is 1. The van der Waals surface area contributed by atoms with Crippen molar-refractivity contribution >= 4 is 5.78 Å². The Kier molecular flexibility index (Phi) is 1.52. The first-order valence-electron chi connectivity index (χ1n) is 4.07. The SMILES string of the molecule is CN1[C@@H]2C=CC(=O)[C@H]1[C@H](C#N)C2. The van der Waals surface area contributed by atoms with Crippen molar-refractivity contribution in [2.45, 2.75) is 18.5 Å². The van der Waals surface area contributed by atoms with E-state index in [9.17, 15) is 4.79 Å². The minimum atomic E-state index is -0.176. The summed E-state index contributed by atoms with van der Waals surface area (Å²) in [7, 11) is 1.91. The van der Waals surface area contributed by atoms with E-state index in [1.807, 2.05) is 18.0 Å². The standard InChI is InChI=1S/C9H10N2O/c1-11-7-2-3-8(12)9(11)6(4-7)5-10/h2-3,6-7,9H,4H2,1H3/t6-,7+,9+/m0/s1. The normalized spacial score (nSPS) is 40.0. The van der Waals surface area contributed by atoms with Crippen molar-refractivity contribution in [2.24, 2.45) is 5.92 Å². The summed E-state index contributed by atoms with van der Waals surface area (Å²) in [6.07, 6.45) is 4.32. The van der Waals surface area contributed by atoms with Gasteiger partial charge in [-0.05, 0) is 19.5 Å². The number of likely N-dealkylation sites (N-methyl/N-ethyl adjacent to an activating group) is 1. The Labute approximate surface area is 71.3 Å². The van der Waals surface area contributed by atoms with Crippen LogP contribution in [0.5, 0.6) is 0 Å². The zero-order valence-corrected chi connectivity index (χ0v) is 6.90. The maximum absolute atomic E-state index is 11.4. The van der Waals surface area contributed by atoms with Crippen LogP contribution in [0.3, 0.4) is 0 Å². The van der Waals surface area contributed by atoms with Gasteiger partial charge in [0.2, 0.25) is 0 Å². The molecule has 1 saturated heterocycles. The van der Waals surface area contributed by atoms with Crippen LogP contribution < -0.4 is 0 Å². The third-order valence-corrected chi connectivity index (χ3v) is 2.78. The highest BCUT2D eigenvalue weighted by molar-refractivity contribution is 5.96. The van der Waals surface area contributed by atoms with Gasteiger partial charge in [-0.25, -0.2) is 0 Å². The van der Waals surface area contributed by atoms with Crippen molar-refractivity contribution in [3.05, 3.63) is 12.2 Å². The number of fused-ring (bicyclic) bond motifs is 2. The highest BCUT2D eigenvalue weighted by Crippen LogP contribution is 2.32. The molecule has 0 saturated carbocycles. The first kappa shape index (κ1) is 7.51. The van der Waals surface area contributed by atoms with Gasteiger partial charge in [-0.2, -0.15) is 5.26 Å². The van der Waals surface area contributed by atoms with Crippen LogP contribution in [-0.4, -0.2) is 29.8 Å². The van der Waals surface area contributed by atoms with Gasteiger partial charge in [0.25, 0.3) is 0 Å². The third kappa shape index (κ3) is 0.819. The predicted molar refractivity (Wildman–Crippen MR) is 43.2 cm³/mol. The van der Waals surface area contributed by atoms with Crippen LogP contribution in [0.1, 0.15) is 6.42 Å². The van der Waals surface area contributed by atoms with E-state index in [1.165, 1.54) is 0 Å². The van der Waals surface area contributed by atoms with Gasteiger partial charge in [0.15, 0.2) is 5.78 Å². The molecule has 0 aromatic heterocycles. The number of hydrogen-bond donors (Lipinski definition) is 0. The molecule has 2 aliphatic heterocycles. The summed E-state index contributed by atoms with van der Waals surface area (Å²) in [6, 6.07) is 2.32. The molecule has 2 bridgehead atoms. The number of ketones is 1. The van der Waals surface area contributed by atoms with Crippen LogP contribution >= 0.6 is 0 Å². The first-order valence-corrected chi connectivity index (χ1v) is 4.07. The molecule has 0 amide bonds. The smallest absolute Gasteiger partial charge is 0.173 e. The first-order chi connectivity index (χ1) is 5.74. The average Bonchev–Trinajstić information content (AvgIpc) is 2.26. The molecule has 2 aliphatic rings. The molecular formula is C9H10N2O. The lowest BCUT2D eigenvalue weighted by molar-refractivity contribution is -0.119. The molecule has 62 valence electrons. The van der Waals surface area contributed by atoms with Crippen LogP contribution in [0, 0.1) is 17.2 Å². The van der Waals surface area contributed by atoms with Crippen LogP contribution in [0.25, 0.3) is 0 Å². The number of rotatable bonds is 0. The Morgan fingerprint density at radius 2 is 2.50 bits per heavy atom. The lowest BCUT2D eigenvalue weighted by atomic mass is 9.99. The van der Waals surface area contributed by atoms with E-state index in [1.54, 1.807) is 6.08 Å². The summed E-state index contributed by atoms with van der Waals surface area (Å²) in [5.74, 6) is -0.0275. The second kappa shape index (κ2) is 2.43. The maximum atomic E-state index is 11.4. The molecule has 2 rings (SSSR count). The fraction of sp³-hybridized carbons (Fsp3) is 0.556. The predicted octanol–water partition coefficient (Wildman–Crippen LogP) is 0.338. The zero-order valence-electron chi connectivity index (χ0n) is 6.90. The molecule has 1 fully saturated rings. The van der Waals surface area contributed by atoms with E-state index < -0.39 is 0 Å². The molecule has 0 N–H and O–H groups in total. The van der Waals surface area contributed by atoms with Crippen molar-refractivity contribution < 1.29 is 4.79 Å². The number of carbonyl (C=O) groups excluding carboxylic acids is 1. The molecule has 12 heavy (non-hydrogen) atoms. The zero-order chi connectivity index (χ0) is 8.72. The number of nitriles is 1. The molecular weight excluding hydrogens is 152 g/mol. The van der Waals surface area contributed by atoms with E-state index in [4.69, 9.17) is 5.26 Å². The maximum Gasteiger partial charge on any atom is 0.173 e. The van der Waals surface area contributed by atoms with Gasteiger partial charge >= 0.3 is 0 Å². The van der Waals surface area contributed by atoms with Crippen molar-refractivity contribution in [1.82, 2.24) is 4.90 Å². The summed E-state index contributed by atoms with van der Waals surface area (Å²) in [5, 5.41) is 8.79. The summed E-state index contributed by atoms with van der Waals surface area (Å²) in [6.45, 7) is 0. The Morgan fingerprint density at radius 1 is 1.75 bits per heavy atom. The molecule has 0 aliphatic carbocycles.